The molecule has 4 rings (SSSR count). The third-order valence-corrected chi connectivity index (χ3v) is 6.34. The van der Waals surface area contributed by atoms with Crippen LogP contribution in [0.5, 0.6) is 0 Å². The van der Waals surface area contributed by atoms with E-state index in [-0.39, 0.29) is 11.3 Å². The second-order valence-corrected chi connectivity index (χ2v) is 10.3. The zero-order valence-corrected chi connectivity index (χ0v) is 19.1. The highest BCUT2D eigenvalue weighted by Gasteiger charge is 2.34. The van der Waals surface area contributed by atoms with Gasteiger partial charge in [0.05, 0.1) is 12.1 Å². The summed E-state index contributed by atoms with van der Waals surface area (Å²) in [7, 11) is 0. The molecule has 0 saturated carbocycles. The molecule has 9 nitrogen and oxygen atoms in total. The Hall–Kier alpha value is -2.26. The van der Waals surface area contributed by atoms with Gasteiger partial charge in [0.25, 0.3) is 0 Å². The number of likely N-dealkylation sites (tertiary alicyclic amines) is 1. The Balaban J connectivity index is 1.29. The summed E-state index contributed by atoms with van der Waals surface area (Å²) >= 11 is 0. The van der Waals surface area contributed by atoms with Gasteiger partial charge in [-0.05, 0) is 31.4 Å². The summed E-state index contributed by atoms with van der Waals surface area (Å²) in [6, 6.07) is 3.98. The number of aromatic nitrogens is 4. The first-order valence-electron chi connectivity index (χ1n) is 11.3. The molecule has 31 heavy (non-hydrogen) atoms. The Morgan fingerprint density at radius 1 is 1.26 bits per heavy atom. The first-order valence-corrected chi connectivity index (χ1v) is 11.3. The average Bonchev–Trinajstić information content (AvgIpc) is 2.99. The van der Waals surface area contributed by atoms with Crippen molar-refractivity contribution >= 4 is 17.4 Å². The maximum absolute atomic E-state index is 11.8. The summed E-state index contributed by atoms with van der Waals surface area (Å²) in [6.07, 6.45) is 2.65. The van der Waals surface area contributed by atoms with Crippen LogP contribution in [0, 0.1) is 5.92 Å². The topological polar surface area (TPSA) is 98.9 Å². The van der Waals surface area contributed by atoms with Crippen LogP contribution in [0.15, 0.2) is 12.1 Å². The maximum Gasteiger partial charge on any atom is 0.219 e. The lowest BCUT2D eigenvalue weighted by Gasteiger charge is -2.41. The Kier molecular flexibility index (Phi) is 5.91. The number of hydrogen-bond donors (Lipinski definition) is 2. The quantitative estimate of drug-likeness (QED) is 0.737. The summed E-state index contributed by atoms with van der Waals surface area (Å²) in [5.41, 5.74) is -0.192. The van der Waals surface area contributed by atoms with Crippen molar-refractivity contribution in [2.45, 2.75) is 58.0 Å². The van der Waals surface area contributed by atoms with Gasteiger partial charge in [-0.25, -0.2) is 0 Å². The molecule has 2 aromatic heterocycles. The zero-order valence-electron chi connectivity index (χ0n) is 19.1. The third-order valence-electron chi connectivity index (χ3n) is 6.34. The van der Waals surface area contributed by atoms with Gasteiger partial charge in [-0.2, -0.15) is 4.52 Å². The number of anilines is 1. The molecule has 2 saturated heterocycles. The molecule has 4 heterocycles. The fourth-order valence-electron chi connectivity index (χ4n) is 4.49. The van der Waals surface area contributed by atoms with E-state index in [0.29, 0.717) is 19.0 Å². The molecule has 0 spiro atoms. The third kappa shape index (κ3) is 4.82. The van der Waals surface area contributed by atoms with Gasteiger partial charge in [-0.3, -0.25) is 4.79 Å². The van der Waals surface area contributed by atoms with Crippen molar-refractivity contribution in [3.05, 3.63) is 18.0 Å². The fraction of sp³-hybridized carbons (Fsp3) is 0.727. The molecule has 1 unspecified atom stereocenters. The lowest BCUT2D eigenvalue weighted by molar-refractivity contribution is -0.131. The number of nitrogens with one attached hydrogen (secondary N) is 1. The molecule has 2 aliphatic heterocycles. The summed E-state index contributed by atoms with van der Waals surface area (Å²) in [6.45, 7) is 12.3. The van der Waals surface area contributed by atoms with Crippen LogP contribution < -0.4 is 10.2 Å². The van der Waals surface area contributed by atoms with Crippen LogP contribution in [0.2, 0.25) is 0 Å². The number of carbonyl (C=O) groups excluding carboxylic acids is 1. The van der Waals surface area contributed by atoms with E-state index in [4.69, 9.17) is 5.10 Å². The van der Waals surface area contributed by atoms with Gasteiger partial charge in [-0.1, -0.05) is 20.8 Å². The van der Waals surface area contributed by atoms with Crippen LogP contribution in [0.4, 0.5) is 5.82 Å². The van der Waals surface area contributed by atoms with Crippen molar-refractivity contribution in [1.29, 1.82) is 0 Å². The molecule has 170 valence electrons. The second kappa shape index (κ2) is 8.35. The van der Waals surface area contributed by atoms with Gasteiger partial charge in [0.1, 0.15) is 5.82 Å². The first kappa shape index (κ1) is 22.0. The monoisotopic (exact) mass is 429 g/mol. The highest BCUT2D eigenvalue weighted by molar-refractivity contribution is 5.73. The lowest BCUT2D eigenvalue weighted by atomic mass is 9.96. The van der Waals surface area contributed by atoms with Crippen molar-refractivity contribution in [3.8, 4) is 0 Å². The van der Waals surface area contributed by atoms with E-state index in [0.717, 1.165) is 62.7 Å². The summed E-state index contributed by atoms with van der Waals surface area (Å²) < 4.78 is 1.85. The number of fused-ring (bicyclic) bond motifs is 1. The molecule has 0 aromatic carbocycles. The maximum atomic E-state index is 11.8. The van der Waals surface area contributed by atoms with Gasteiger partial charge in [0.15, 0.2) is 11.5 Å². The van der Waals surface area contributed by atoms with Gasteiger partial charge in [-0.15, -0.1) is 15.3 Å². The Bertz CT molecular complexity index is 932. The van der Waals surface area contributed by atoms with Gasteiger partial charge >= 0.3 is 0 Å². The fourth-order valence-corrected chi connectivity index (χ4v) is 4.49. The second-order valence-electron chi connectivity index (χ2n) is 10.3. The molecule has 2 fully saturated rings. The van der Waals surface area contributed by atoms with E-state index < -0.39 is 5.60 Å². The van der Waals surface area contributed by atoms with Gasteiger partial charge in [0.2, 0.25) is 5.91 Å². The minimum Gasteiger partial charge on any atom is -0.387 e. The molecule has 2 aliphatic rings. The lowest BCUT2D eigenvalue weighted by Crippen LogP contribution is -2.54. The number of hydrogen-bond acceptors (Lipinski definition) is 7. The van der Waals surface area contributed by atoms with Gasteiger partial charge in [0, 0.05) is 51.0 Å². The van der Waals surface area contributed by atoms with Crippen LogP contribution in [-0.2, 0) is 10.2 Å². The zero-order chi connectivity index (χ0) is 22.2. The van der Waals surface area contributed by atoms with Gasteiger partial charge < -0.3 is 20.2 Å². The predicted molar refractivity (Wildman–Crippen MR) is 119 cm³/mol. The molecule has 0 radical (unpaired) electrons. The Morgan fingerprint density at radius 3 is 2.74 bits per heavy atom. The standard InChI is InChI=1S/C22H35N7O2/c1-16(30)27-10-6-5-9-22(31,15-27)14-23-11-17-12-28(13-17)19-8-7-18-24-25-20(21(2,3)4)29(18)26-19/h7-8,17,23,31H,5-6,9-15H2,1-4H3. The Morgan fingerprint density at radius 2 is 2.03 bits per heavy atom. The molecule has 9 heteroatoms. The van der Waals surface area contributed by atoms with E-state index in [1.807, 2.05) is 16.6 Å². The summed E-state index contributed by atoms with van der Waals surface area (Å²) in [5, 5.41) is 27.8. The molecule has 1 atom stereocenters. The minimum absolute atomic E-state index is 0.0436. The van der Waals surface area contributed by atoms with Crippen LogP contribution in [-0.4, -0.2) is 80.6 Å². The predicted octanol–water partition coefficient (Wildman–Crippen LogP) is 1.21. The number of aliphatic hydroxyl groups is 1. The van der Waals surface area contributed by atoms with Crippen molar-refractivity contribution in [1.82, 2.24) is 30.0 Å². The van der Waals surface area contributed by atoms with E-state index >= 15 is 0 Å². The van der Waals surface area contributed by atoms with Crippen LogP contribution in [0.25, 0.3) is 5.65 Å². The van der Waals surface area contributed by atoms with E-state index in [1.165, 1.54) is 0 Å². The summed E-state index contributed by atoms with van der Waals surface area (Å²) in [5.74, 6) is 2.36. The average molecular weight is 430 g/mol. The Labute approximate surface area is 183 Å². The molecule has 1 amide bonds. The van der Waals surface area contributed by atoms with E-state index in [2.05, 4.69) is 41.2 Å². The van der Waals surface area contributed by atoms with Crippen molar-refractivity contribution in [3.63, 3.8) is 0 Å². The molecule has 2 N–H and O–H groups in total. The SMILES string of the molecule is CC(=O)N1CCCCC(O)(CNCC2CN(c3ccc4nnc(C(C)(C)C)n4n3)C2)C1. The first-order chi connectivity index (χ1) is 14.6. The van der Waals surface area contributed by atoms with Crippen molar-refractivity contribution < 1.29 is 9.90 Å². The molecule has 0 bridgehead atoms. The molecule has 2 aromatic rings. The number of carbonyl (C=O) groups is 1. The molecular formula is C22H35N7O2. The number of nitrogens with zero attached hydrogens (tertiary/aromatic N) is 6. The molecular weight excluding hydrogens is 394 g/mol. The van der Waals surface area contributed by atoms with E-state index in [1.54, 1.807) is 11.8 Å². The number of rotatable bonds is 5. The summed E-state index contributed by atoms with van der Waals surface area (Å²) in [4.78, 5) is 15.8. The van der Waals surface area contributed by atoms with Crippen molar-refractivity contribution in [2.75, 3.05) is 44.2 Å². The molecule has 0 aliphatic carbocycles. The normalized spacial score (nSPS) is 23.1. The minimum atomic E-state index is -0.837. The number of β-amino-alcohol motifs (C(OH)–C–C–N with tert-alkyl or cyclic N) is 1. The van der Waals surface area contributed by atoms with Crippen LogP contribution in [0.1, 0.15) is 52.8 Å². The number of amides is 1. The van der Waals surface area contributed by atoms with Crippen LogP contribution in [0.3, 0.4) is 0 Å². The highest BCUT2D eigenvalue weighted by Crippen LogP contribution is 2.26. The highest BCUT2D eigenvalue weighted by atomic mass is 16.3. The van der Waals surface area contributed by atoms with E-state index in [9.17, 15) is 9.90 Å². The van der Waals surface area contributed by atoms with Crippen molar-refractivity contribution in [2.24, 2.45) is 5.92 Å². The van der Waals surface area contributed by atoms with Crippen LogP contribution >= 0.6 is 0 Å². The smallest absolute Gasteiger partial charge is 0.219 e. The largest absolute Gasteiger partial charge is 0.387 e.